The molecule has 96 valence electrons. The Morgan fingerprint density at radius 3 is 2.83 bits per heavy atom. The number of aromatic nitrogens is 2. The zero-order valence-corrected chi connectivity index (χ0v) is 11.1. The third-order valence-corrected chi connectivity index (χ3v) is 2.99. The van der Waals surface area contributed by atoms with Gasteiger partial charge >= 0.3 is 0 Å². The molecule has 0 aliphatic heterocycles. The molecule has 2 rings (SSSR count). The fourth-order valence-corrected chi connectivity index (χ4v) is 1.75. The highest BCUT2D eigenvalue weighted by Gasteiger charge is 2.06. The molecule has 1 N–H and O–H groups in total. The van der Waals surface area contributed by atoms with Crippen molar-refractivity contribution in [2.75, 3.05) is 5.32 Å². The smallest absolute Gasteiger partial charge is 0.145 e. The van der Waals surface area contributed by atoms with Gasteiger partial charge in [-0.3, -0.25) is 4.98 Å². The predicted octanol–water partition coefficient (Wildman–Crippen LogP) is 3.12. The number of hydrogen-bond acceptors (Lipinski definition) is 4. The molecule has 0 saturated carbocycles. The second-order valence-corrected chi connectivity index (χ2v) is 4.59. The first-order chi connectivity index (χ1) is 8.65. The summed E-state index contributed by atoms with van der Waals surface area (Å²) in [5.74, 6) is 1.86. The van der Waals surface area contributed by atoms with Gasteiger partial charge in [0.2, 0.25) is 0 Å². The van der Waals surface area contributed by atoms with E-state index in [1.165, 1.54) is 0 Å². The van der Waals surface area contributed by atoms with Crippen LogP contribution in [0.3, 0.4) is 0 Å². The van der Waals surface area contributed by atoms with Crippen molar-refractivity contribution < 1.29 is 4.42 Å². The maximum absolute atomic E-state index is 5.31. The Kier molecular flexibility index (Phi) is 3.97. The van der Waals surface area contributed by atoms with Gasteiger partial charge in [0.15, 0.2) is 0 Å². The van der Waals surface area contributed by atoms with Gasteiger partial charge in [-0.1, -0.05) is 0 Å². The third kappa shape index (κ3) is 3.32. The third-order valence-electron chi connectivity index (χ3n) is 2.99. The molecule has 0 aliphatic rings. The summed E-state index contributed by atoms with van der Waals surface area (Å²) >= 11 is 0. The second-order valence-electron chi connectivity index (χ2n) is 4.59. The number of nitrogens with zero attached hydrogens (tertiary/aromatic N) is 2. The molecular formula is C14H19N3O. The Hall–Kier alpha value is -1.84. The van der Waals surface area contributed by atoms with Gasteiger partial charge in [0.1, 0.15) is 11.6 Å². The van der Waals surface area contributed by atoms with E-state index in [1.54, 1.807) is 12.5 Å². The summed E-state index contributed by atoms with van der Waals surface area (Å²) in [7, 11) is 0. The lowest BCUT2D eigenvalue weighted by atomic mass is 10.1. The van der Waals surface area contributed by atoms with Crippen LogP contribution in [0.1, 0.15) is 30.5 Å². The van der Waals surface area contributed by atoms with E-state index >= 15 is 0 Å². The Morgan fingerprint density at radius 1 is 1.33 bits per heavy atom. The predicted molar refractivity (Wildman–Crippen MR) is 71.6 cm³/mol. The first-order valence-corrected chi connectivity index (χ1v) is 6.24. The van der Waals surface area contributed by atoms with Crippen molar-refractivity contribution in [3.05, 3.63) is 41.7 Å². The standard InChI is InChI=1S/C14H19N3O/c1-10(6-7-13-5-4-8-18-13)16-14-9-15-11(2)12(3)17-14/h4-5,8-10H,6-7H2,1-3H3,(H,16,17). The Labute approximate surface area is 107 Å². The summed E-state index contributed by atoms with van der Waals surface area (Å²) in [5, 5.41) is 3.36. The summed E-state index contributed by atoms with van der Waals surface area (Å²) < 4.78 is 5.31. The molecule has 1 atom stereocenters. The van der Waals surface area contributed by atoms with Crippen LogP contribution in [0.15, 0.2) is 29.0 Å². The van der Waals surface area contributed by atoms with Crippen molar-refractivity contribution >= 4 is 5.82 Å². The molecule has 0 bridgehead atoms. The van der Waals surface area contributed by atoms with Gasteiger partial charge in [-0.15, -0.1) is 0 Å². The van der Waals surface area contributed by atoms with Crippen LogP contribution in [0, 0.1) is 13.8 Å². The zero-order chi connectivity index (χ0) is 13.0. The fourth-order valence-electron chi connectivity index (χ4n) is 1.75. The van der Waals surface area contributed by atoms with E-state index in [-0.39, 0.29) is 0 Å². The number of furan rings is 1. The lowest BCUT2D eigenvalue weighted by Crippen LogP contribution is -2.17. The molecule has 2 aromatic heterocycles. The van der Waals surface area contributed by atoms with E-state index in [4.69, 9.17) is 4.42 Å². The van der Waals surface area contributed by atoms with E-state index in [9.17, 15) is 0 Å². The maximum atomic E-state index is 5.31. The molecule has 0 spiro atoms. The van der Waals surface area contributed by atoms with Crippen LogP contribution in [0.4, 0.5) is 5.82 Å². The van der Waals surface area contributed by atoms with E-state index in [1.807, 2.05) is 26.0 Å². The molecule has 0 amide bonds. The van der Waals surface area contributed by atoms with Crippen LogP contribution in [0.2, 0.25) is 0 Å². The SMILES string of the molecule is Cc1ncc(NC(C)CCc2ccco2)nc1C. The molecule has 4 heteroatoms. The number of anilines is 1. The van der Waals surface area contributed by atoms with Crippen LogP contribution < -0.4 is 5.32 Å². The lowest BCUT2D eigenvalue weighted by molar-refractivity contribution is 0.495. The summed E-state index contributed by atoms with van der Waals surface area (Å²) in [6.45, 7) is 6.08. The monoisotopic (exact) mass is 245 g/mol. The Bertz CT molecular complexity index is 494. The van der Waals surface area contributed by atoms with Gasteiger partial charge in [0.05, 0.1) is 23.8 Å². The van der Waals surface area contributed by atoms with Crippen molar-refractivity contribution in [1.29, 1.82) is 0 Å². The summed E-state index contributed by atoms with van der Waals surface area (Å²) in [6, 6.07) is 4.26. The Morgan fingerprint density at radius 2 is 2.17 bits per heavy atom. The Balaban J connectivity index is 1.86. The first kappa shape index (κ1) is 12.6. The van der Waals surface area contributed by atoms with Crippen LogP contribution in [-0.4, -0.2) is 16.0 Å². The molecule has 4 nitrogen and oxygen atoms in total. The van der Waals surface area contributed by atoms with Gasteiger partial charge < -0.3 is 9.73 Å². The van der Waals surface area contributed by atoms with Crippen molar-refractivity contribution in [3.63, 3.8) is 0 Å². The lowest BCUT2D eigenvalue weighted by Gasteiger charge is -2.14. The fraction of sp³-hybridized carbons (Fsp3) is 0.429. The molecule has 18 heavy (non-hydrogen) atoms. The van der Waals surface area contributed by atoms with Gasteiger partial charge in [-0.2, -0.15) is 0 Å². The van der Waals surface area contributed by atoms with E-state index in [2.05, 4.69) is 22.2 Å². The minimum Gasteiger partial charge on any atom is -0.469 e. The normalized spacial score (nSPS) is 12.4. The van der Waals surface area contributed by atoms with Gasteiger partial charge in [-0.25, -0.2) is 4.98 Å². The van der Waals surface area contributed by atoms with Crippen LogP contribution in [0.25, 0.3) is 0 Å². The average molecular weight is 245 g/mol. The highest BCUT2D eigenvalue weighted by atomic mass is 16.3. The highest BCUT2D eigenvalue weighted by Crippen LogP contribution is 2.11. The van der Waals surface area contributed by atoms with Gasteiger partial charge in [-0.05, 0) is 39.3 Å². The molecular weight excluding hydrogens is 226 g/mol. The number of aryl methyl sites for hydroxylation is 3. The quantitative estimate of drug-likeness (QED) is 0.879. The highest BCUT2D eigenvalue weighted by molar-refractivity contribution is 5.34. The summed E-state index contributed by atoms with van der Waals surface area (Å²) in [5.41, 5.74) is 1.95. The topological polar surface area (TPSA) is 51.0 Å². The number of hydrogen-bond donors (Lipinski definition) is 1. The first-order valence-electron chi connectivity index (χ1n) is 6.24. The molecule has 2 heterocycles. The molecule has 0 radical (unpaired) electrons. The summed E-state index contributed by atoms with van der Waals surface area (Å²) in [4.78, 5) is 8.76. The van der Waals surface area contributed by atoms with Crippen LogP contribution in [-0.2, 0) is 6.42 Å². The minimum absolute atomic E-state index is 0.339. The average Bonchev–Trinajstić information content (AvgIpc) is 2.84. The molecule has 0 aromatic carbocycles. The molecule has 0 aliphatic carbocycles. The van der Waals surface area contributed by atoms with Crippen molar-refractivity contribution in [2.45, 2.75) is 39.7 Å². The van der Waals surface area contributed by atoms with Gasteiger partial charge in [0, 0.05) is 12.5 Å². The molecule has 0 saturated heterocycles. The minimum atomic E-state index is 0.339. The van der Waals surface area contributed by atoms with Crippen LogP contribution in [0.5, 0.6) is 0 Å². The number of nitrogens with one attached hydrogen (secondary N) is 1. The van der Waals surface area contributed by atoms with Crippen molar-refractivity contribution in [3.8, 4) is 0 Å². The van der Waals surface area contributed by atoms with Gasteiger partial charge in [0.25, 0.3) is 0 Å². The van der Waals surface area contributed by atoms with Crippen LogP contribution >= 0.6 is 0 Å². The summed E-state index contributed by atoms with van der Waals surface area (Å²) in [6.07, 6.45) is 5.43. The largest absolute Gasteiger partial charge is 0.469 e. The van der Waals surface area contributed by atoms with Crippen molar-refractivity contribution in [1.82, 2.24) is 9.97 Å². The van der Waals surface area contributed by atoms with Crippen molar-refractivity contribution in [2.24, 2.45) is 0 Å². The van der Waals surface area contributed by atoms with E-state index < -0.39 is 0 Å². The number of rotatable bonds is 5. The molecule has 2 aromatic rings. The maximum Gasteiger partial charge on any atom is 0.145 e. The second kappa shape index (κ2) is 5.67. The van der Waals surface area contributed by atoms with E-state index in [0.29, 0.717) is 6.04 Å². The van der Waals surface area contributed by atoms with E-state index in [0.717, 1.165) is 35.8 Å². The molecule has 1 unspecified atom stereocenters. The zero-order valence-electron chi connectivity index (χ0n) is 11.1. The molecule has 0 fully saturated rings.